The van der Waals surface area contributed by atoms with Gasteiger partial charge < -0.3 is 9.84 Å². The number of hydrogen-bond donors (Lipinski definition) is 1. The molecule has 2 heterocycles. The average Bonchev–Trinajstić information content (AvgIpc) is 3.18. The number of halogens is 2. The molecule has 1 saturated heterocycles. The Balaban J connectivity index is 1.39. The number of carboxylic acid groups (broad SMARTS) is 1. The number of hydrazone groups is 1. The van der Waals surface area contributed by atoms with E-state index in [1.165, 1.54) is 31.2 Å². The van der Waals surface area contributed by atoms with Gasteiger partial charge in [-0.05, 0) is 55.5 Å². The van der Waals surface area contributed by atoms with Gasteiger partial charge in [-0.2, -0.15) is 14.4 Å². The Morgan fingerprint density at radius 2 is 1.79 bits per heavy atom. The SMILES string of the molecule is CC12C(=O)N(c3ccccc3)N=C1CCN(S(=O)(=O)c1ccc(OCc3ccc(Cl)cc3Cl)cc1)[C@H]2C(=O)O. The first-order chi connectivity index (χ1) is 18.5. The van der Waals surface area contributed by atoms with E-state index in [9.17, 15) is 23.1 Å². The minimum atomic E-state index is -4.30. The molecule has 12 heteroatoms. The third kappa shape index (κ3) is 4.78. The van der Waals surface area contributed by atoms with Crippen molar-refractivity contribution in [1.82, 2.24) is 4.31 Å². The molecule has 1 amide bonds. The number of nitrogens with zero attached hydrogens (tertiary/aromatic N) is 3. The van der Waals surface area contributed by atoms with Crippen molar-refractivity contribution in [2.75, 3.05) is 11.6 Å². The highest BCUT2D eigenvalue weighted by molar-refractivity contribution is 7.89. The number of ether oxygens (including phenoxy) is 1. The Labute approximate surface area is 235 Å². The summed E-state index contributed by atoms with van der Waals surface area (Å²) in [5.41, 5.74) is -0.167. The fourth-order valence-corrected chi connectivity index (χ4v) is 6.97. The molecule has 9 nitrogen and oxygen atoms in total. The second kappa shape index (κ2) is 10.3. The van der Waals surface area contributed by atoms with E-state index < -0.39 is 33.4 Å². The Hall–Kier alpha value is -3.44. The van der Waals surface area contributed by atoms with Crippen molar-refractivity contribution >= 4 is 56.5 Å². The summed E-state index contributed by atoms with van der Waals surface area (Å²) in [6.07, 6.45) is 0.109. The van der Waals surface area contributed by atoms with Crippen LogP contribution in [0, 0.1) is 5.41 Å². The van der Waals surface area contributed by atoms with Gasteiger partial charge in [0.1, 0.15) is 23.8 Å². The van der Waals surface area contributed by atoms with Crippen LogP contribution in [0.25, 0.3) is 0 Å². The van der Waals surface area contributed by atoms with Crippen LogP contribution < -0.4 is 9.75 Å². The summed E-state index contributed by atoms with van der Waals surface area (Å²) in [6.45, 7) is 1.43. The largest absolute Gasteiger partial charge is 0.489 e. The highest BCUT2D eigenvalue weighted by Crippen LogP contribution is 2.43. The number of anilines is 1. The van der Waals surface area contributed by atoms with Crippen molar-refractivity contribution in [3.8, 4) is 5.75 Å². The van der Waals surface area contributed by atoms with Crippen LogP contribution in [0.1, 0.15) is 18.9 Å². The average molecular weight is 588 g/mol. The lowest BCUT2D eigenvalue weighted by Gasteiger charge is -2.41. The van der Waals surface area contributed by atoms with E-state index in [2.05, 4.69) is 5.10 Å². The summed E-state index contributed by atoms with van der Waals surface area (Å²) >= 11 is 12.1. The summed E-state index contributed by atoms with van der Waals surface area (Å²) in [6, 6.07) is 17.6. The molecule has 3 aromatic carbocycles. The molecule has 0 radical (unpaired) electrons. The minimum Gasteiger partial charge on any atom is -0.489 e. The summed E-state index contributed by atoms with van der Waals surface area (Å²) < 4.78 is 34.0. The van der Waals surface area contributed by atoms with Crippen molar-refractivity contribution in [2.24, 2.45) is 10.5 Å². The van der Waals surface area contributed by atoms with Gasteiger partial charge in [-0.15, -0.1) is 0 Å². The third-order valence-electron chi connectivity index (χ3n) is 6.94. The number of carboxylic acids is 1. The van der Waals surface area contributed by atoms with E-state index in [-0.39, 0.29) is 24.5 Å². The predicted octanol–water partition coefficient (Wildman–Crippen LogP) is 4.83. The highest BCUT2D eigenvalue weighted by atomic mass is 35.5. The Morgan fingerprint density at radius 1 is 1.10 bits per heavy atom. The minimum absolute atomic E-state index is 0.109. The van der Waals surface area contributed by atoms with Gasteiger partial charge in [0.2, 0.25) is 10.0 Å². The van der Waals surface area contributed by atoms with Crippen LogP contribution in [0.2, 0.25) is 10.0 Å². The summed E-state index contributed by atoms with van der Waals surface area (Å²) in [4.78, 5) is 26.0. The summed E-state index contributed by atoms with van der Waals surface area (Å²) in [7, 11) is -4.30. The number of hydrogen-bond acceptors (Lipinski definition) is 6. The number of carbonyl (C=O) groups is 2. The maximum absolute atomic E-state index is 13.7. The van der Waals surface area contributed by atoms with Crippen molar-refractivity contribution in [1.29, 1.82) is 0 Å². The van der Waals surface area contributed by atoms with Gasteiger partial charge in [-0.1, -0.05) is 47.5 Å². The Bertz CT molecular complexity index is 1580. The summed E-state index contributed by atoms with van der Waals surface area (Å²) in [5, 5.41) is 16.7. The van der Waals surface area contributed by atoms with E-state index >= 15 is 0 Å². The number of benzene rings is 3. The molecule has 0 aliphatic carbocycles. The van der Waals surface area contributed by atoms with Gasteiger partial charge in [0.05, 0.1) is 16.3 Å². The van der Waals surface area contributed by atoms with E-state index in [1.54, 1.807) is 48.5 Å². The number of piperidine rings is 1. The van der Waals surface area contributed by atoms with Crippen LogP contribution in [-0.4, -0.2) is 48.0 Å². The van der Waals surface area contributed by atoms with Gasteiger partial charge in [0, 0.05) is 28.6 Å². The quantitative estimate of drug-likeness (QED) is 0.423. The van der Waals surface area contributed by atoms with E-state index in [0.29, 0.717) is 32.8 Å². The number of para-hydroxylation sites is 1. The fraction of sp³-hybridized carbons (Fsp3) is 0.222. The van der Waals surface area contributed by atoms with Crippen molar-refractivity contribution in [3.05, 3.63) is 88.4 Å². The molecule has 0 saturated carbocycles. The molecule has 0 spiro atoms. The predicted molar refractivity (Wildman–Crippen MR) is 147 cm³/mol. The molecule has 1 unspecified atom stereocenters. The van der Waals surface area contributed by atoms with Gasteiger partial charge in [0.25, 0.3) is 5.91 Å². The first kappa shape index (κ1) is 27.1. The molecule has 39 heavy (non-hydrogen) atoms. The second-order valence-electron chi connectivity index (χ2n) is 9.30. The highest BCUT2D eigenvalue weighted by Gasteiger charge is 2.62. The number of sulfonamides is 1. The number of aliphatic carboxylic acids is 1. The van der Waals surface area contributed by atoms with Crippen LogP contribution in [0.3, 0.4) is 0 Å². The van der Waals surface area contributed by atoms with E-state index in [1.807, 2.05) is 0 Å². The molecule has 5 rings (SSSR count). The van der Waals surface area contributed by atoms with Crippen LogP contribution in [-0.2, 0) is 26.2 Å². The lowest BCUT2D eigenvalue weighted by atomic mass is 9.74. The molecule has 3 aromatic rings. The maximum atomic E-state index is 13.7. The molecule has 2 aliphatic heterocycles. The first-order valence-corrected chi connectivity index (χ1v) is 14.1. The lowest BCUT2D eigenvalue weighted by molar-refractivity contribution is -0.148. The van der Waals surface area contributed by atoms with Crippen LogP contribution in [0.15, 0.2) is 82.8 Å². The number of fused-ring (bicyclic) bond motifs is 1. The van der Waals surface area contributed by atoms with Crippen LogP contribution in [0.5, 0.6) is 5.75 Å². The smallest absolute Gasteiger partial charge is 0.323 e. The molecule has 0 bridgehead atoms. The normalized spacial score (nSPS) is 21.4. The van der Waals surface area contributed by atoms with Gasteiger partial charge >= 0.3 is 5.97 Å². The van der Waals surface area contributed by atoms with Gasteiger partial charge in [0.15, 0.2) is 0 Å². The van der Waals surface area contributed by atoms with Crippen molar-refractivity contribution in [2.45, 2.75) is 30.9 Å². The monoisotopic (exact) mass is 587 g/mol. The Kier molecular flexibility index (Phi) is 7.15. The van der Waals surface area contributed by atoms with E-state index in [4.69, 9.17) is 27.9 Å². The molecule has 2 atom stereocenters. The zero-order valence-electron chi connectivity index (χ0n) is 20.6. The lowest BCUT2D eigenvalue weighted by Crippen LogP contribution is -2.63. The maximum Gasteiger partial charge on any atom is 0.323 e. The number of rotatable bonds is 7. The Morgan fingerprint density at radius 3 is 2.44 bits per heavy atom. The molecule has 1 N–H and O–H groups in total. The molecular weight excluding hydrogens is 565 g/mol. The van der Waals surface area contributed by atoms with Crippen LogP contribution >= 0.6 is 23.2 Å². The van der Waals surface area contributed by atoms with Gasteiger partial charge in [-0.25, -0.2) is 8.42 Å². The second-order valence-corrected chi connectivity index (χ2v) is 12.0. The molecule has 0 aromatic heterocycles. The zero-order valence-corrected chi connectivity index (χ0v) is 22.9. The number of carbonyl (C=O) groups excluding carboxylic acids is 1. The molecule has 1 fully saturated rings. The van der Waals surface area contributed by atoms with Gasteiger partial charge in [-0.3, -0.25) is 9.59 Å². The van der Waals surface area contributed by atoms with E-state index in [0.717, 1.165) is 9.31 Å². The molecule has 2 aliphatic rings. The van der Waals surface area contributed by atoms with Crippen molar-refractivity contribution < 1.29 is 27.9 Å². The molecular formula is C27H23Cl2N3O6S. The number of amides is 1. The molecule has 202 valence electrons. The zero-order chi connectivity index (χ0) is 27.9. The topological polar surface area (TPSA) is 117 Å². The van der Waals surface area contributed by atoms with Crippen LogP contribution in [0.4, 0.5) is 5.69 Å². The fourth-order valence-electron chi connectivity index (χ4n) is 4.85. The first-order valence-electron chi connectivity index (χ1n) is 11.9. The van der Waals surface area contributed by atoms with Crippen molar-refractivity contribution in [3.63, 3.8) is 0 Å². The standard InChI is InChI=1S/C27H23Cl2N3O6S/c1-27-23(30-32(26(27)35)19-5-3-2-4-6-19)13-14-31(24(27)25(33)34)39(36,37)21-11-9-20(10-12-21)38-16-17-7-8-18(28)15-22(17)29/h2-12,15,24H,13-14,16H2,1H3,(H,33,34)/t24-,27?/m0/s1. The third-order valence-corrected chi connectivity index (χ3v) is 9.40. The summed E-state index contributed by atoms with van der Waals surface area (Å²) in [5.74, 6) is -1.64.